The molecule has 2 rings (SSSR count). The standard InChI is InChI=1S/C15H13BrClIO/c1-9-4-3-5-11(15(9)18)14(17)10-6-7-13(19-2)12(16)8-10/h3-8,14H,1-2H3. The number of rotatable bonds is 3. The summed E-state index contributed by atoms with van der Waals surface area (Å²) in [6.45, 7) is 2.10. The van der Waals surface area contributed by atoms with Gasteiger partial charge in [0.15, 0.2) is 0 Å². The first kappa shape index (κ1) is 15.1. The van der Waals surface area contributed by atoms with Crippen LogP contribution in [-0.4, -0.2) is 7.11 Å². The Labute approximate surface area is 140 Å². The molecular formula is C15H13BrClIO. The molecule has 0 aliphatic carbocycles. The van der Waals surface area contributed by atoms with Gasteiger partial charge in [-0.05, 0) is 74.3 Å². The van der Waals surface area contributed by atoms with Crippen molar-refractivity contribution in [2.75, 3.05) is 7.11 Å². The van der Waals surface area contributed by atoms with Crippen LogP contribution in [0.3, 0.4) is 0 Å². The molecule has 0 aliphatic heterocycles. The lowest BCUT2D eigenvalue weighted by Gasteiger charge is -2.15. The molecule has 1 atom stereocenters. The minimum absolute atomic E-state index is 0.158. The normalized spacial score (nSPS) is 12.3. The fourth-order valence-electron chi connectivity index (χ4n) is 1.89. The van der Waals surface area contributed by atoms with Crippen molar-refractivity contribution in [1.82, 2.24) is 0 Å². The second kappa shape index (κ2) is 6.46. The maximum atomic E-state index is 6.61. The van der Waals surface area contributed by atoms with Crippen molar-refractivity contribution in [1.29, 1.82) is 0 Å². The highest BCUT2D eigenvalue weighted by atomic mass is 127. The Morgan fingerprint density at radius 1 is 1.26 bits per heavy atom. The fraction of sp³-hybridized carbons (Fsp3) is 0.200. The molecule has 0 saturated carbocycles. The number of halogens is 3. The first-order valence-electron chi connectivity index (χ1n) is 5.77. The first-order valence-corrected chi connectivity index (χ1v) is 8.08. The van der Waals surface area contributed by atoms with Crippen LogP contribution in [0.1, 0.15) is 22.1 Å². The third-order valence-electron chi connectivity index (χ3n) is 2.96. The third kappa shape index (κ3) is 3.26. The Bertz CT molecular complexity index is 601. The second-order valence-electron chi connectivity index (χ2n) is 4.23. The van der Waals surface area contributed by atoms with Crippen molar-refractivity contribution in [2.45, 2.75) is 12.3 Å². The number of alkyl halides is 1. The van der Waals surface area contributed by atoms with Crippen LogP contribution in [0, 0.1) is 10.5 Å². The van der Waals surface area contributed by atoms with E-state index < -0.39 is 0 Å². The zero-order valence-electron chi connectivity index (χ0n) is 10.6. The average Bonchev–Trinajstić information content (AvgIpc) is 2.41. The molecule has 1 unspecified atom stereocenters. The van der Waals surface area contributed by atoms with Crippen LogP contribution >= 0.6 is 50.1 Å². The summed E-state index contributed by atoms with van der Waals surface area (Å²) in [6.07, 6.45) is 0. The monoisotopic (exact) mass is 450 g/mol. The van der Waals surface area contributed by atoms with E-state index in [2.05, 4.69) is 57.6 Å². The predicted molar refractivity (Wildman–Crippen MR) is 92.3 cm³/mol. The van der Waals surface area contributed by atoms with E-state index in [0.29, 0.717) is 0 Å². The Kier molecular flexibility index (Phi) is 5.15. The fourth-order valence-corrected chi connectivity index (χ4v) is 3.62. The van der Waals surface area contributed by atoms with Crippen molar-refractivity contribution in [2.24, 2.45) is 0 Å². The van der Waals surface area contributed by atoms with Crippen LogP contribution in [0.25, 0.3) is 0 Å². The maximum absolute atomic E-state index is 6.61. The summed E-state index contributed by atoms with van der Waals surface area (Å²) in [6, 6.07) is 12.1. The van der Waals surface area contributed by atoms with Gasteiger partial charge in [-0.2, -0.15) is 0 Å². The molecule has 0 fully saturated rings. The van der Waals surface area contributed by atoms with Gasteiger partial charge in [0.25, 0.3) is 0 Å². The van der Waals surface area contributed by atoms with Gasteiger partial charge in [-0.1, -0.05) is 24.3 Å². The average molecular weight is 452 g/mol. The second-order valence-corrected chi connectivity index (χ2v) is 6.60. The Hall–Kier alpha value is -0.260. The van der Waals surface area contributed by atoms with Crippen LogP contribution in [0.4, 0.5) is 0 Å². The molecule has 0 aliphatic rings. The van der Waals surface area contributed by atoms with Crippen LogP contribution in [0.5, 0.6) is 5.75 Å². The summed E-state index contributed by atoms with van der Waals surface area (Å²) >= 11 is 12.5. The molecule has 100 valence electrons. The van der Waals surface area contributed by atoms with E-state index in [1.807, 2.05) is 24.3 Å². The van der Waals surface area contributed by atoms with Crippen LogP contribution in [0.15, 0.2) is 40.9 Å². The number of hydrogen-bond donors (Lipinski definition) is 0. The van der Waals surface area contributed by atoms with E-state index in [0.717, 1.165) is 21.3 Å². The molecule has 0 heterocycles. The van der Waals surface area contributed by atoms with Crippen LogP contribution in [0.2, 0.25) is 0 Å². The Balaban J connectivity index is 2.41. The molecule has 2 aromatic rings. The summed E-state index contributed by atoms with van der Waals surface area (Å²) < 4.78 is 7.37. The third-order valence-corrected chi connectivity index (χ3v) is 5.54. The van der Waals surface area contributed by atoms with Gasteiger partial charge in [-0.3, -0.25) is 0 Å². The highest BCUT2D eigenvalue weighted by Crippen LogP contribution is 2.36. The van der Waals surface area contributed by atoms with Crippen molar-refractivity contribution in [3.8, 4) is 5.75 Å². The zero-order valence-corrected chi connectivity index (χ0v) is 15.1. The topological polar surface area (TPSA) is 9.23 Å². The van der Waals surface area contributed by atoms with E-state index in [4.69, 9.17) is 16.3 Å². The van der Waals surface area contributed by atoms with Crippen molar-refractivity contribution in [3.63, 3.8) is 0 Å². The Morgan fingerprint density at radius 3 is 2.63 bits per heavy atom. The van der Waals surface area contributed by atoms with Crippen LogP contribution in [-0.2, 0) is 0 Å². The van der Waals surface area contributed by atoms with Gasteiger partial charge < -0.3 is 4.74 Å². The highest BCUT2D eigenvalue weighted by molar-refractivity contribution is 14.1. The Morgan fingerprint density at radius 2 is 2.00 bits per heavy atom. The summed E-state index contributed by atoms with van der Waals surface area (Å²) in [4.78, 5) is 0. The van der Waals surface area contributed by atoms with Crippen molar-refractivity contribution in [3.05, 3.63) is 61.1 Å². The van der Waals surface area contributed by atoms with E-state index in [1.54, 1.807) is 7.11 Å². The van der Waals surface area contributed by atoms with Gasteiger partial charge in [0.05, 0.1) is 17.0 Å². The molecule has 0 amide bonds. The molecule has 4 heteroatoms. The van der Waals surface area contributed by atoms with Gasteiger partial charge in [0.1, 0.15) is 5.75 Å². The smallest absolute Gasteiger partial charge is 0.133 e. The van der Waals surface area contributed by atoms with Gasteiger partial charge in [-0.15, -0.1) is 11.6 Å². The quantitative estimate of drug-likeness (QED) is 0.430. The molecule has 1 nitrogen and oxygen atoms in total. The largest absolute Gasteiger partial charge is 0.496 e. The lowest BCUT2D eigenvalue weighted by molar-refractivity contribution is 0.412. The van der Waals surface area contributed by atoms with Gasteiger partial charge in [0.2, 0.25) is 0 Å². The predicted octanol–water partition coefficient (Wildman–Crippen LogP) is 5.70. The summed E-state index contributed by atoms with van der Waals surface area (Å²) in [5, 5.41) is -0.158. The van der Waals surface area contributed by atoms with E-state index >= 15 is 0 Å². The molecule has 2 aromatic carbocycles. The SMILES string of the molecule is COc1ccc(C(Cl)c2cccc(C)c2I)cc1Br. The maximum Gasteiger partial charge on any atom is 0.133 e. The van der Waals surface area contributed by atoms with Gasteiger partial charge in [0, 0.05) is 3.57 Å². The van der Waals surface area contributed by atoms with E-state index in [1.165, 1.54) is 9.13 Å². The molecule has 0 radical (unpaired) electrons. The van der Waals surface area contributed by atoms with Gasteiger partial charge >= 0.3 is 0 Å². The number of aryl methyl sites for hydroxylation is 1. The molecule has 0 saturated heterocycles. The van der Waals surface area contributed by atoms with E-state index in [9.17, 15) is 0 Å². The summed E-state index contributed by atoms with van der Waals surface area (Å²) in [7, 11) is 1.65. The molecule has 0 aromatic heterocycles. The van der Waals surface area contributed by atoms with Crippen molar-refractivity contribution < 1.29 is 4.74 Å². The number of hydrogen-bond acceptors (Lipinski definition) is 1. The molecule has 0 spiro atoms. The number of ether oxygens (including phenoxy) is 1. The molecular weight excluding hydrogens is 438 g/mol. The van der Waals surface area contributed by atoms with Crippen molar-refractivity contribution >= 4 is 50.1 Å². The highest BCUT2D eigenvalue weighted by Gasteiger charge is 2.16. The molecule has 0 bridgehead atoms. The molecule has 0 N–H and O–H groups in total. The summed E-state index contributed by atoms with van der Waals surface area (Å²) in [5.74, 6) is 0.812. The zero-order chi connectivity index (χ0) is 14.0. The summed E-state index contributed by atoms with van der Waals surface area (Å²) in [5.41, 5.74) is 3.44. The lowest BCUT2D eigenvalue weighted by Crippen LogP contribution is -1.98. The number of methoxy groups -OCH3 is 1. The minimum atomic E-state index is -0.158. The van der Waals surface area contributed by atoms with E-state index in [-0.39, 0.29) is 5.38 Å². The minimum Gasteiger partial charge on any atom is -0.496 e. The first-order chi connectivity index (χ1) is 9.04. The lowest BCUT2D eigenvalue weighted by atomic mass is 10.0. The number of benzene rings is 2. The molecule has 19 heavy (non-hydrogen) atoms. The van der Waals surface area contributed by atoms with Crippen LogP contribution < -0.4 is 4.74 Å². The van der Waals surface area contributed by atoms with Gasteiger partial charge in [-0.25, -0.2) is 0 Å².